The van der Waals surface area contributed by atoms with E-state index < -0.39 is 0 Å². The van der Waals surface area contributed by atoms with Gasteiger partial charge in [-0.2, -0.15) is 0 Å². The molecule has 1 atom stereocenters. The summed E-state index contributed by atoms with van der Waals surface area (Å²) in [7, 11) is 0. The summed E-state index contributed by atoms with van der Waals surface area (Å²) in [6, 6.07) is 66.0. The van der Waals surface area contributed by atoms with Crippen LogP contribution in [0.25, 0.3) is 76.8 Å². The van der Waals surface area contributed by atoms with Crippen LogP contribution in [-0.4, -0.2) is 0 Å². The molecule has 2 aliphatic rings. The normalized spacial score (nSPS) is 14.1. The standard InChI is InChI=1S/C50H32/c1-2-11-35-29-48-47(28-34(35)10-1)49(45-24-21-31-9-3-8-16-44(31)50(45)48)33-19-17-32(18-20-33)46-30-39(26-37-12-5-7-15-42(37)46)36-22-23-43-40(25-36)27-38-13-4-6-14-41(38)43/h1-26,28-30,49H,27H2. The Morgan fingerprint density at radius 2 is 1.02 bits per heavy atom. The summed E-state index contributed by atoms with van der Waals surface area (Å²) in [6.07, 6.45) is 1.00. The molecule has 0 radical (unpaired) electrons. The summed E-state index contributed by atoms with van der Waals surface area (Å²) in [5, 5.41) is 7.77. The maximum Gasteiger partial charge on any atom is 0.0352 e. The molecule has 0 N–H and O–H groups in total. The Morgan fingerprint density at radius 3 is 1.88 bits per heavy atom. The quantitative estimate of drug-likeness (QED) is 0.182. The molecule has 0 heteroatoms. The van der Waals surface area contributed by atoms with Crippen LogP contribution in [0.4, 0.5) is 0 Å². The van der Waals surface area contributed by atoms with Crippen molar-refractivity contribution >= 4 is 32.3 Å². The molecule has 50 heavy (non-hydrogen) atoms. The molecular weight excluding hydrogens is 601 g/mol. The molecule has 2 aliphatic carbocycles. The highest BCUT2D eigenvalue weighted by molar-refractivity contribution is 6.05. The third kappa shape index (κ3) is 4.12. The van der Waals surface area contributed by atoms with Gasteiger partial charge < -0.3 is 0 Å². The first-order valence-corrected chi connectivity index (χ1v) is 17.7. The Hall–Kier alpha value is -6.24. The van der Waals surface area contributed by atoms with Crippen molar-refractivity contribution in [1.82, 2.24) is 0 Å². The molecule has 9 aromatic carbocycles. The molecule has 0 aromatic heterocycles. The van der Waals surface area contributed by atoms with Crippen LogP contribution in [0.1, 0.15) is 33.7 Å². The first-order chi connectivity index (χ1) is 24.8. The first kappa shape index (κ1) is 27.7. The van der Waals surface area contributed by atoms with E-state index in [2.05, 4.69) is 176 Å². The fourth-order valence-corrected chi connectivity index (χ4v) is 8.97. The largest absolute Gasteiger partial charge is 0.0619 e. The number of hydrogen-bond acceptors (Lipinski definition) is 0. The molecule has 232 valence electrons. The van der Waals surface area contributed by atoms with Crippen molar-refractivity contribution in [1.29, 1.82) is 0 Å². The molecule has 0 saturated carbocycles. The van der Waals surface area contributed by atoms with E-state index in [0.717, 1.165) is 6.42 Å². The number of benzene rings is 9. The van der Waals surface area contributed by atoms with Gasteiger partial charge in [0.2, 0.25) is 0 Å². The van der Waals surface area contributed by atoms with Gasteiger partial charge in [0, 0.05) is 5.92 Å². The fourth-order valence-electron chi connectivity index (χ4n) is 8.97. The summed E-state index contributed by atoms with van der Waals surface area (Å²) in [4.78, 5) is 0. The summed E-state index contributed by atoms with van der Waals surface area (Å²) in [5.74, 6) is 0.182. The number of hydrogen-bond donors (Lipinski definition) is 0. The van der Waals surface area contributed by atoms with Crippen molar-refractivity contribution in [3.8, 4) is 44.5 Å². The van der Waals surface area contributed by atoms with E-state index in [-0.39, 0.29) is 5.92 Å². The van der Waals surface area contributed by atoms with Crippen molar-refractivity contribution in [2.24, 2.45) is 0 Å². The minimum atomic E-state index is 0.182. The van der Waals surface area contributed by atoms with E-state index in [1.165, 1.54) is 105 Å². The van der Waals surface area contributed by atoms with Crippen LogP contribution in [-0.2, 0) is 6.42 Å². The van der Waals surface area contributed by atoms with Crippen LogP contribution in [0, 0.1) is 0 Å². The molecule has 11 rings (SSSR count). The zero-order chi connectivity index (χ0) is 32.8. The number of fused-ring (bicyclic) bond motifs is 10. The average molecular weight is 633 g/mol. The molecule has 0 aliphatic heterocycles. The van der Waals surface area contributed by atoms with Gasteiger partial charge in [-0.1, -0.05) is 152 Å². The Morgan fingerprint density at radius 1 is 0.340 bits per heavy atom. The maximum atomic E-state index is 2.43. The highest BCUT2D eigenvalue weighted by atomic mass is 14.3. The monoisotopic (exact) mass is 632 g/mol. The average Bonchev–Trinajstić information content (AvgIpc) is 3.71. The van der Waals surface area contributed by atoms with Gasteiger partial charge in [0.15, 0.2) is 0 Å². The Bertz CT molecular complexity index is 2830. The second-order valence-corrected chi connectivity index (χ2v) is 14.0. The van der Waals surface area contributed by atoms with Crippen molar-refractivity contribution in [2.75, 3.05) is 0 Å². The second kappa shape index (κ2) is 10.6. The summed E-state index contributed by atoms with van der Waals surface area (Å²) >= 11 is 0. The Kier molecular flexibility index (Phi) is 5.89. The maximum absolute atomic E-state index is 2.43. The molecule has 0 nitrogen and oxygen atoms in total. The molecule has 0 bridgehead atoms. The van der Waals surface area contributed by atoms with Crippen molar-refractivity contribution in [2.45, 2.75) is 12.3 Å². The van der Waals surface area contributed by atoms with E-state index in [1.54, 1.807) is 0 Å². The van der Waals surface area contributed by atoms with Crippen molar-refractivity contribution < 1.29 is 0 Å². The van der Waals surface area contributed by atoms with Gasteiger partial charge >= 0.3 is 0 Å². The molecule has 9 aromatic rings. The molecule has 0 fully saturated rings. The van der Waals surface area contributed by atoms with E-state index in [1.807, 2.05) is 0 Å². The lowest BCUT2D eigenvalue weighted by atomic mass is 9.86. The molecule has 0 spiro atoms. The van der Waals surface area contributed by atoms with Crippen LogP contribution in [0.3, 0.4) is 0 Å². The zero-order valence-corrected chi connectivity index (χ0v) is 27.5. The molecule has 1 unspecified atom stereocenters. The number of rotatable bonds is 3. The Labute approximate surface area is 291 Å². The van der Waals surface area contributed by atoms with Gasteiger partial charge in [-0.05, 0) is 135 Å². The summed E-state index contributed by atoms with van der Waals surface area (Å²) in [5.41, 5.74) is 17.5. The lowest BCUT2D eigenvalue weighted by Gasteiger charge is -2.17. The van der Waals surface area contributed by atoms with E-state index in [9.17, 15) is 0 Å². The second-order valence-electron chi connectivity index (χ2n) is 14.0. The molecule has 0 saturated heterocycles. The lowest BCUT2D eigenvalue weighted by Crippen LogP contribution is -1.99. The zero-order valence-electron chi connectivity index (χ0n) is 27.5. The van der Waals surface area contributed by atoms with Gasteiger partial charge in [-0.3, -0.25) is 0 Å². The predicted octanol–water partition coefficient (Wildman–Crippen LogP) is 13.2. The molecular formula is C50H32. The highest BCUT2D eigenvalue weighted by Crippen LogP contribution is 2.52. The van der Waals surface area contributed by atoms with Crippen LogP contribution in [0.5, 0.6) is 0 Å². The predicted molar refractivity (Wildman–Crippen MR) is 211 cm³/mol. The van der Waals surface area contributed by atoms with Crippen LogP contribution >= 0.6 is 0 Å². The minimum absolute atomic E-state index is 0.182. The molecule has 0 heterocycles. The van der Waals surface area contributed by atoms with Crippen molar-refractivity contribution in [3.63, 3.8) is 0 Å². The van der Waals surface area contributed by atoms with Gasteiger partial charge in [0.25, 0.3) is 0 Å². The minimum Gasteiger partial charge on any atom is -0.0619 e. The van der Waals surface area contributed by atoms with Gasteiger partial charge in [0.1, 0.15) is 0 Å². The van der Waals surface area contributed by atoms with E-state index in [0.29, 0.717) is 0 Å². The van der Waals surface area contributed by atoms with Gasteiger partial charge in [-0.25, -0.2) is 0 Å². The smallest absolute Gasteiger partial charge is 0.0352 e. The highest BCUT2D eigenvalue weighted by Gasteiger charge is 2.32. The van der Waals surface area contributed by atoms with Gasteiger partial charge in [-0.15, -0.1) is 0 Å². The Balaban J connectivity index is 1.04. The topological polar surface area (TPSA) is 0 Å². The van der Waals surface area contributed by atoms with Crippen molar-refractivity contribution in [3.05, 3.63) is 204 Å². The third-order valence-corrected chi connectivity index (χ3v) is 11.3. The fraction of sp³-hybridized carbons (Fsp3) is 0.0400. The van der Waals surface area contributed by atoms with Crippen LogP contribution in [0.15, 0.2) is 176 Å². The lowest BCUT2D eigenvalue weighted by molar-refractivity contribution is 1.02. The van der Waals surface area contributed by atoms with E-state index in [4.69, 9.17) is 0 Å². The van der Waals surface area contributed by atoms with Crippen LogP contribution in [0.2, 0.25) is 0 Å². The van der Waals surface area contributed by atoms with E-state index >= 15 is 0 Å². The molecule has 0 amide bonds. The summed E-state index contributed by atoms with van der Waals surface area (Å²) < 4.78 is 0. The first-order valence-electron chi connectivity index (χ1n) is 17.7. The summed E-state index contributed by atoms with van der Waals surface area (Å²) in [6.45, 7) is 0. The third-order valence-electron chi connectivity index (χ3n) is 11.3. The van der Waals surface area contributed by atoms with Gasteiger partial charge in [0.05, 0.1) is 0 Å². The van der Waals surface area contributed by atoms with Crippen LogP contribution < -0.4 is 0 Å². The SMILES string of the molecule is c1ccc2c(c1)Cc1cc(-c3cc(-c4ccc(C5c6cc7ccccc7cc6-c6c5ccc5ccccc65)cc4)c4ccccc4c3)ccc1-2.